The number of amides is 2. The molecule has 0 spiro atoms. The summed E-state index contributed by atoms with van der Waals surface area (Å²) < 4.78 is 0. The number of hydrogen-bond acceptors (Lipinski definition) is 3. The van der Waals surface area contributed by atoms with Gasteiger partial charge in [0.15, 0.2) is 5.96 Å². The van der Waals surface area contributed by atoms with Crippen LogP contribution in [0.2, 0.25) is 0 Å². The third-order valence-electron chi connectivity index (χ3n) is 4.97. The van der Waals surface area contributed by atoms with Crippen LogP contribution in [0.25, 0.3) is 0 Å². The molecule has 1 aliphatic heterocycles. The standard InChI is InChI=1S/C23H29N5O2.HI/c1-24-23(26-15-6-14-25-22(30)19-7-3-2-4-8-19)27-17-18-10-12-20(13-11-18)28-16-5-9-21(28)29;/h2-4,7-8,10-13H,5-6,9,14-17H2,1H3,(H,25,30)(H2,24,26,27);1H. The maximum absolute atomic E-state index is 12.0. The zero-order valence-corrected chi connectivity index (χ0v) is 20.1. The molecular formula is C23H30IN5O2. The zero-order chi connectivity index (χ0) is 21.2. The molecule has 31 heavy (non-hydrogen) atoms. The Kier molecular flexibility index (Phi) is 10.3. The highest BCUT2D eigenvalue weighted by Crippen LogP contribution is 2.21. The number of carbonyl (C=O) groups is 2. The Morgan fingerprint density at radius 2 is 1.71 bits per heavy atom. The van der Waals surface area contributed by atoms with Crippen LogP contribution in [0.1, 0.15) is 35.2 Å². The SMILES string of the molecule is CN=C(NCCCNC(=O)c1ccccc1)NCc1ccc(N2CCCC2=O)cc1.I. The molecule has 0 bridgehead atoms. The van der Waals surface area contributed by atoms with E-state index in [0.29, 0.717) is 37.6 Å². The highest BCUT2D eigenvalue weighted by atomic mass is 127. The van der Waals surface area contributed by atoms with Gasteiger partial charge in [0.2, 0.25) is 5.91 Å². The number of anilines is 1. The molecule has 1 aliphatic rings. The van der Waals surface area contributed by atoms with Crippen molar-refractivity contribution in [1.82, 2.24) is 16.0 Å². The quantitative estimate of drug-likeness (QED) is 0.210. The minimum Gasteiger partial charge on any atom is -0.356 e. The molecule has 1 saturated heterocycles. The molecule has 0 atom stereocenters. The maximum atomic E-state index is 12.0. The average Bonchev–Trinajstić information content (AvgIpc) is 3.22. The van der Waals surface area contributed by atoms with Crippen molar-refractivity contribution in [2.24, 2.45) is 4.99 Å². The fraction of sp³-hybridized carbons (Fsp3) is 0.348. The van der Waals surface area contributed by atoms with E-state index < -0.39 is 0 Å². The van der Waals surface area contributed by atoms with Crippen LogP contribution in [-0.4, -0.2) is 44.5 Å². The molecule has 0 radical (unpaired) electrons. The smallest absolute Gasteiger partial charge is 0.251 e. The molecule has 1 fully saturated rings. The number of benzene rings is 2. The van der Waals surface area contributed by atoms with Gasteiger partial charge in [0.05, 0.1) is 0 Å². The van der Waals surface area contributed by atoms with Crippen molar-refractivity contribution in [1.29, 1.82) is 0 Å². The van der Waals surface area contributed by atoms with E-state index in [2.05, 4.69) is 20.9 Å². The van der Waals surface area contributed by atoms with E-state index in [-0.39, 0.29) is 35.8 Å². The number of carbonyl (C=O) groups excluding carboxylic acids is 2. The second-order valence-electron chi connectivity index (χ2n) is 7.14. The molecule has 1 heterocycles. The topological polar surface area (TPSA) is 85.8 Å². The third kappa shape index (κ3) is 7.54. The molecule has 2 aromatic rings. The monoisotopic (exact) mass is 535 g/mol. The second kappa shape index (κ2) is 12.9. The molecule has 7 nitrogen and oxygen atoms in total. The molecule has 0 saturated carbocycles. The van der Waals surface area contributed by atoms with Gasteiger partial charge in [-0.25, -0.2) is 0 Å². The Morgan fingerprint density at radius 3 is 2.35 bits per heavy atom. The Hall–Kier alpha value is -2.62. The molecule has 2 amide bonds. The van der Waals surface area contributed by atoms with Gasteiger partial charge in [-0.05, 0) is 42.7 Å². The van der Waals surface area contributed by atoms with Crippen LogP contribution in [0.3, 0.4) is 0 Å². The fourth-order valence-corrected chi connectivity index (χ4v) is 3.31. The van der Waals surface area contributed by atoms with Gasteiger partial charge >= 0.3 is 0 Å². The van der Waals surface area contributed by atoms with Gasteiger partial charge < -0.3 is 20.9 Å². The lowest BCUT2D eigenvalue weighted by atomic mass is 10.2. The second-order valence-corrected chi connectivity index (χ2v) is 7.14. The highest BCUT2D eigenvalue weighted by molar-refractivity contribution is 14.0. The lowest BCUT2D eigenvalue weighted by Crippen LogP contribution is -2.38. The van der Waals surface area contributed by atoms with Gasteiger partial charge in [-0.2, -0.15) is 0 Å². The normalized spacial score (nSPS) is 13.5. The summed E-state index contributed by atoms with van der Waals surface area (Å²) >= 11 is 0. The molecular weight excluding hydrogens is 505 g/mol. The van der Waals surface area contributed by atoms with Crippen molar-refractivity contribution in [3.05, 3.63) is 65.7 Å². The van der Waals surface area contributed by atoms with Crippen LogP contribution in [-0.2, 0) is 11.3 Å². The Balaban J connectivity index is 0.00000341. The van der Waals surface area contributed by atoms with Crippen LogP contribution < -0.4 is 20.9 Å². The Morgan fingerprint density at radius 1 is 1.00 bits per heavy atom. The van der Waals surface area contributed by atoms with Gasteiger partial charge in [-0.1, -0.05) is 30.3 Å². The number of hydrogen-bond donors (Lipinski definition) is 3. The molecule has 8 heteroatoms. The van der Waals surface area contributed by atoms with Crippen molar-refractivity contribution in [3.8, 4) is 0 Å². The van der Waals surface area contributed by atoms with E-state index in [0.717, 1.165) is 30.6 Å². The molecule has 2 aromatic carbocycles. The summed E-state index contributed by atoms with van der Waals surface area (Å²) in [5, 5.41) is 9.44. The molecule has 0 aliphatic carbocycles. The van der Waals surface area contributed by atoms with Crippen molar-refractivity contribution in [2.45, 2.75) is 25.8 Å². The van der Waals surface area contributed by atoms with Gasteiger partial charge in [-0.3, -0.25) is 14.6 Å². The average molecular weight is 535 g/mol. The van der Waals surface area contributed by atoms with E-state index in [4.69, 9.17) is 0 Å². The summed E-state index contributed by atoms with van der Waals surface area (Å²) in [5.41, 5.74) is 2.74. The van der Waals surface area contributed by atoms with E-state index in [1.54, 1.807) is 19.2 Å². The Labute approximate surface area is 200 Å². The van der Waals surface area contributed by atoms with Crippen LogP contribution >= 0.6 is 24.0 Å². The number of guanidine groups is 1. The predicted molar refractivity (Wildman–Crippen MR) is 135 cm³/mol. The lowest BCUT2D eigenvalue weighted by molar-refractivity contribution is -0.117. The van der Waals surface area contributed by atoms with Gasteiger partial charge in [0.25, 0.3) is 5.91 Å². The van der Waals surface area contributed by atoms with Crippen molar-refractivity contribution in [2.75, 3.05) is 31.6 Å². The van der Waals surface area contributed by atoms with Crippen molar-refractivity contribution in [3.63, 3.8) is 0 Å². The summed E-state index contributed by atoms with van der Waals surface area (Å²) in [7, 11) is 1.73. The maximum Gasteiger partial charge on any atom is 0.251 e. The van der Waals surface area contributed by atoms with E-state index in [1.165, 1.54) is 0 Å². The molecule has 3 rings (SSSR count). The summed E-state index contributed by atoms with van der Waals surface area (Å²) in [5.74, 6) is 0.853. The Bertz CT molecular complexity index is 871. The van der Waals surface area contributed by atoms with Crippen LogP contribution in [0.15, 0.2) is 59.6 Å². The predicted octanol–water partition coefficient (Wildman–Crippen LogP) is 2.92. The highest BCUT2D eigenvalue weighted by Gasteiger charge is 2.21. The van der Waals surface area contributed by atoms with E-state index >= 15 is 0 Å². The summed E-state index contributed by atoms with van der Waals surface area (Å²) in [6.45, 7) is 2.73. The van der Waals surface area contributed by atoms with Gasteiger partial charge in [0.1, 0.15) is 0 Å². The molecule has 166 valence electrons. The van der Waals surface area contributed by atoms with Crippen molar-refractivity contribution >= 4 is 47.4 Å². The fourth-order valence-electron chi connectivity index (χ4n) is 3.31. The molecule has 0 aromatic heterocycles. The van der Waals surface area contributed by atoms with Crippen LogP contribution in [0, 0.1) is 0 Å². The van der Waals surface area contributed by atoms with E-state index in [1.807, 2.05) is 47.4 Å². The first-order valence-electron chi connectivity index (χ1n) is 10.3. The van der Waals surface area contributed by atoms with E-state index in [9.17, 15) is 9.59 Å². The van der Waals surface area contributed by atoms with Crippen LogP contribution in [0.5, 0.6) is 0 Å². The molecule has 3 N–H and O–H groups in total. The zero-order valence-electron chi connectivity index (χ0n) is 17.8. The van der Waals surface area contributed by atoms with Gasteiger partial charge in [-0.15, -0.1) is 24.0 Å². The van der Waals surface area contributed by atoms with Crippen LogP contribution in [0.4, 0.5) is 5.69 Å². The largest absolute Gasteiger partial charge is 0.356 e. The first-order chi connectivity index (χ1) is 14.7. The minimum absolute atomic E-state index is 0. The van der Waals surface area contributed by atoms with Crippen molar-refractivity contribution < 1.29 is 9.59 Å². The number of aliphatic imine (C=N–C) groups is 1. The van der Waals surface area contributed by atoms with Gasteiger partial charge in [0, 0.05) is 50.9 Å². The summed E-state index contributed by atoms with van der Waals surface area (Å²) in [6, 6.07) is 17.2. The molecule has 0 unspecified atom stereocenters. The number of nitrogens with zero attached hydrogens (tertiary/aromatic N) is 2. The minimum atomic E-state index is -0.0582. The summed E-state index contributed by atoms with van der Waals surface area (Å²) in [4.78, 5) is 29.9. The number of nitrogens with one attached hydrogen (secondary N) is 3. The third-order valence-corrected chi connectivity index (χ3v) is 4.97. The number of halogens is 1. The lowest BCUT2D eigenvalue weighted by Gasteiger charge is -2.16. The summed E-state index contributed by atoms with van der Waals surface area (Å²) in [6.07, 6.45) is 2.36. The first kappa shape index (κ1) is 24.6. The number of rotatable bonds is 8. The first-order valence-corrected chi connectivity index (χ1v) is 10.3.